The van der Waals surface area contributed by atoms with E-state index < -0.39 is 0 Å². The topological polar surface area (TPSA) is 92.2 Å². The number of nitrogens with zero attached hydrogens (tertiary/aromatic N) is 1. The van der Waals surface area contributed by atoms with E-state index in [1.165, 1.54) is 0 Å². The molecule has 2 aromatic heterocycles. The molecule has 0 radical (unpaired) electrons. The van der Waals surface area contributed by atoms with Crippen molar-refractivity contribution in [2.75, 3.05) is 6.54 Å². The zero-order chi connectivity index (χ0) is 18.1. The fraction of sp³-hybridized carbons (Fsp3) is 0.333. The van der Waals surface area contributed by atoms with Crippen molar-refractivity contribution >= 4 is 28.4 Å². The number of aryl methyl sites for hydroxylation is 1. The largest absolute Gasteiger partial charge is 0.484 e. The number of ether oxygens (including phenoxy) is 1. The normalized spacial score (nSPS) is 16.5. The van der Waals surface area contributed by atoms with Crippen LogP contribution in [-0.4, -0.2) is 28.6 Å². The fourth-order valence-electron chi connectivity index (χ4n) is 2.85. The molecule has 1 aromatic carbocycles. The molecule has 0 saturated carbocycles. The summed E-state index contributed by atoms with van der Waals surface area (Å²) in [5.74, 6) is 1.22. The van der Waals surface area contributed by atoms with Gasteiger partial charge < -0.3 is 24.9 Å². The summed E-state index contributed by atoms with van der Waals surface area (Å²) in [5, 5.41) is 11.3. The number of H-pyrrole nitrogens is 1. The number of fused-ring (bicyclic) bond motifs is 1. The summed E-state index contributed by atoms with van der Waals surface area (Å²) in [4.78, 5) is 15.2. The van der Waals surface area contributed by atoms with Gasteiger partial charge in [-0.2, -0.15) is 0 Å². The molecule has 0 aliphatic carbocycles. The van der Waals surface area contributed by atoms with Crippen molar-refractivity contribution in [1.82, 2.24) is 20.8 Å². The van der Waals surface area contributed by atoms with Crippen LogP contribution >= 0.6 is 11.6 Å². The van der Waals surface area contributed by atoms with Gasteiger partial charge in [-0.3, -0.25) is 4.79 Å². The van der Waals surface area contributed by atoms with Gasteiger partial charge in [0.25, 0.3) is 0 Å². The minimum absolute atomic E-state index is 0.0271. The lowest BCUT2D eigenvalue weighted by Gasteiger charge is -2.26. The van der Waals surface area contributed by atoms with Gasteiger partial charge in [0.1, 0.15) is 12.4 Å². The molecular formula is C18H19ClN4O3. The molecule has 8 heteroatoms. The summed E-state index contributed by atoms with van der Waals surface area (Å²) in [6.45, 7) is 3.45. The Morgan fingerprint density at radius 3 is 2.96 bits per heavy atom. The van der Waals surface area contributed by atoms with Gasteiger partial charge in [0.2, 0.25) is 5.91 Å². The lowest BCUT2D eigenvalue weighted by Crippen LogP contribution is -2.52. The summed E-state index contributed by atoms with van der Waals surface area (Å²) >= 11 is 6.32. The Kier molecular flexibility index (Phi) is 4.57. The number of hydrogen-bond donors (Lipinski definition) is 3. The van der Waals surface area contributed by atoms with Crippen LogP contribution in [0.3, 0.4) is 0 Å². The fourth-order valence-corrected chi connectivity index (χ4v) is 3.08. The molecule has 1 aliphatic rings. The second-order valence-electron chi connectivity index (χ2n) is 6.40. The highest BCUT2D eigenvalue weighted by Crippen LogP contribution is 2.31. The maximum Gasteiger partial charge on any atom is 0.237 e. The molecule has 1 fully saturated rings. The Hall–Kier alpha value is -2.51. The first-order valence-corrected chi connectivity index (χ1v) is 8.83. The van der Waals surface area contributed by atoms with E-state index in [2.05, 4.69) is 20.8 Å². The molecule has 4 rings (SSSR count). The summed E-state index contributed by atoms with van der Waals surface area (Å²) in [6, 6.07) is 7.42. The highest BCUT2D eigenvalue weighted by atomic mass is 35.5. The van der Waals surface area contributed by atoms with Crippen LogP contribution in [0.5, 0.6) is 5.75 Å². The van der Waals surface area contributed by atoms with Crippen LogP contribution in [0, 0.1) is 6.92 Å². The monoisotopic (exact) mass is 374 g/mol. The van der Waals surface area contributed by atoms with Crippen LogP contribution in [0.2, 0.25) is 5.02 Å². The van der Waals surface area contributed by atoms with Crippen molar-refractivity contribution < 1.29 is 14.1 Å². The van der Waals surface area contributed by atoms with E-state index in [1.807, 2.05) is 31.2 Å². The van der Waals surface area contributed by atoms with Crippen LogP contribution in [0.25, 0.3) is 10.9 Å². The third-order valence-corrected chi connectivity index (χ3v) is 4.66. The molecule has 0 bridgehead atoms. The molecule has 0 unspecified atom stereocenters. The standard InChI is InChI=1S/C18H19ClN4O3/c1-10-4-13(26-23-10)9-25-17-7-16-11(6-14(17)19)5-12(22-16)8-21-18(24)15-2-3-20-15/h4-7,15,20,22H,2-3,8-9H2,1H3,(H,21,24)/t15-/m0/s1. The van der Waals surface area contributed by atoms with Gasteiger partial charge in [-0.05, 0) is 32.0 Å². The Bertz CT molecular complexity index is 945. The Morgan fingerprint density at radius 2 is 2.27 bits per heavy atom. The highest BCUT2D eigenvalue weighted by Gasteiger charge is 2.24. The van der Waals surface area contributed by atoms with Gasteiger partial charge in [0.05, 0.1) is 23.3 Å². The molecule has 3 N–H and O–H groups in total. The first kappa shape index (κ1) is 16.9. The van der Waals surface area contributed by atoms with Gasteiger partial charge in [0, 0.05) is 28.7 Å². The first-order chi connectivity index (χ1) is 12.6. The molecule has 1 atom stereocenters. The Balaban J connectivity index is 1.44. The first-order valence-electron chi connectivity index (χ1n) is 8.46. The summed E-state index contributed by atoms with van der Waals surface area (Å²) in [6.07, 6.45) is 0.888. The van der Waals surface area contributed by atoms with Crippen molar-refractivity contribution in [2.24, 2.45) is 0 Å². The number of carbonyl (C=O) groups is 1. The van der Waals surface area contributed by atoms with E-state index in [-0.39, 0.29) is 18.6 Å². The molecule has 136 valence electrons. The molecule has 3 aromatic rings. The maximum absolute atomic E-state index is 11.9. The third kappa shape index (κ3) is 3.54. The molecule has 0 spiro atoms. The van der Waals surface area contributed by atoms with E-state index >= 15 is 0 Å². The van der Waals surface area contributed by atoms with Gasteiger partial charge in [-0.25, -0.2) is 0 Å². The number of aromatic nitrogens is 2. The lowest BCUT2D eigenvalue weighted by atomic mass is 10.1. The second kappa shape index (κ2) is 7.01. The highest BCUT2D eigenvalue weighted by molar-refractivity contribution is 6.32. The zero-order valence-corrected chi connectivity index (χ0v) is 15.0. The third-order valence-electron chi connectivity index (χ3n) is 4.37. The van der Waals surface area contributed by atoms with Crippen molar-refractivity contribution in [3.63, 3.8) is 0 Å². The Labute approximate surface area is 155 Å². The number of hydrogen-bond acceptors (Lipinski definition) is 5. The van der Waals surface area contributed by atoms with Gasteiger partial charge in [-0.15, -0.1) is 0 Å². The van der Waals surface area contributed by atoms with Crippen LogP contribution in [-0.2, 0) is 17.9 Å². The zero-order valence-electron chi connectivity index (χ0n) is 14.3. The average Bonchev–Trinajstić information content (AvgIpc) is 3.14. The van der Waals surface area contributed by atoms with Crippen LogP contribution in [0.15, 0.2) is 28.8 Å². The van der Waals surface area contributed by atoms with Crippen LogP contribution in [0.4, 0.5) is 0 Å². The van der Waals surface area contributed by atoms with E-state index in [0.717, 1.165) is 35.3 Å². The second-order valence-corrected chi connectivity index (χ2v) is 6.81. The summed E-state index contributed by atoms with van der Waals surface area (Å²) in [7, 11) is 0. The van der Waals surface area contributed by atoms with E-state index in [4.69, 9.17) is 20.9 Å². The van der Waals surface area contributed by atoms with E-state index in [1.54, 1.807) is 0 Å². The van der Waals surface area contributed by atoms with Gasteiger partial charge in [0.15, 0.2) is 5.76 Å². The minimum Gasteiger partial charge on any atom is -0.484 e. The number of aromatic amines is 1. The molecule has 26 heavy (non-hydrogen) atoms. The number of benzene rings is 1. The van der Waals surface area contributed by atoms with Crippen molar-refractivity contribution in [1.29, 1.82) is 0 Å². The number of amides is 1. The van der Waals surface area contributed by atoms with Crippen LogP contribution < -0.4 is 15.4 Å². The average molecular weight is 375 g/mol. The quantitative estimate of drug-likeness (QED) is 0.617. The maximum atomic E-state index is 11.9. The Morgan fingerprint density at radius 1 is 1.42 bits per heavy atom. The molecule has 1 amide bonds. The van der Waals surface area contributed by atoms with Crippen molar-refractivity contribution in [3.8, 4) is 5.75 Å². The summed E-state index contributed by atoms with van der Waals surface area (Å²) < 4.78 is 10.9. The number of nitrogens with one attached hydrogen (secondary N) is 3. The molecule has 1 aliphatic heterocycles. The van der Waals surface area contributed by atoms with Gasteiger partial charge >= 0.3 is 0 Å². The lowest BCUT2D eigenvalue weighted by molar-refractivity contribution is -0.124. The van der Waals surface area contributed by atoms with E-state index in [0.29, 0.717) is 23.1 Å². The molecule has 3 heterocycles. The molecular weight excluding hydrogens is 356 g/mol. The smallest absolute Gasteiger partial charge is 0.237 e. The molecule has 1 saturated heterocycles. The SMILES string of the molecule is Cc1cc(COc2cc3[nH]c(CNC(=O)[C@@H]4CCN4)cc3cc2Cl)on1. The predicted molar refractivity (Wildman–Crippen MR) is 97.1 cm³/mol. The minimum atomic E-state index is -0.0615. The van der Waals surface area contributed by atoms with Crippen LogP contribution in [0.1, 0.15) is 23.6 Å². The molecule has 7 nitrogen and oxygen atoms in total. The van der Waals surface area contributed by atoms with Crippen molar-refractivity contribution in [2.45, 2.75) is 32.5 Å². The van der Waals surface area contributed by atoms with E-state index in [9.17, 15) is 4.79 Å². The van der Waals surface area contributed by atoms with Crippen molar-refractivity contribution in [3.05, 3.63) is 46.4 Å². The summed E-state index contributed by atoms with van der Waals surface area (Å²) in [5.41, 5.74) is 2.61. The number of rotatable bonds is 6. The predicted octanol–water partition coefficient (Wildman–Crippen LogP) is 2.67. The van der Waals surface area contributed by atoms with Gasteiger partial charge in [-0.1, -0.05) is 16.8 Å². The number of halogens is 1. The number of carbonyl (C=O) groups excluding carboxylic acids is 1.